The van der Waals surface area contributed by atoms with Gasteiger partial charge in [0.1, 0.15) is 0 Å². The van der Waals surface area contributed by atoms with Gasteiger partial charge in [-0.05, 0) is 16.8 Å². The first-order chi connectivity index (χ1) is 8.76. The molecule has 0 aliphatic rings. The second-order valence-electron chi connectivity index (χ2n) is 4.06. The van der Waals surface area contributed by atoms with Crippen LogP contribution in [0.25, 0.3) is 10.8 Å². The van der Waals surface area contributed by atoms with E-state index >= 15 is 0 Å². The fourth-order valence-corrected chi connectivity index (χ4v) is 1.84. The summed E-state index contributed by atoms with van der Waals surface area (Å²) in [6, 6.07) is 12.4. The summed E-state index contributed by atoms with van der Waals surface area (Å²) in [5.41, 5.74) is 0.542. The molecule has 0 aliphatic carbocycles. The summed E-state index contributed by atoms with van der Waals surface area (Å²) in [6.45, 7) is -0.569. The molecular formula is C14H15NO3. The molecule has 3 N–H and O–H groups in total. The first kappa shape index (κ1) is 12.5. The van der Waals surface area contributed by atoms with Crippen molar-refractivity contribution in [1.29, 1.82) is 0 Å². The highest BCUT2D eigenvalue weighted by molar-refractivity contribution is 6.07. The first-order valence-electron chi connectivity index (χ1n) is 5.76. The maximum atomic E-state index is 12.1. The Labute approximate surface area is 105 Å². The van der Waals surface area contributed by atoms with Crippen LogP contribution in [-0.2, 0) is 0 Å². The smallest absolute Gasteiger partial charge is 0.252 e. The molecule has 1 amide bonds. The van der Waals surface area contributed by atoms with Crippen molar-refractivity contribution in [2.45, 2.75) is 6.04 Å². The van der Waals surface area contributed by atoms with Crippen molar-refractivity contribution in [3.63, 3.8) is 0 Å². The van der Waals surface area contributed by atoms with Gasteiger partial charge in [-0.2, -0.15) is 0 Å². The summed E-state index contributed by atoms with van der Waals surface area (Å²) >= 11 is 0. The number of hydrogen-bond acceptors (Lipinski definition) is 3. The molecule has 2 aromatic rings. The number of carbonyl (C=O) groups excluding carboxylic acids is 1. The van der Waals surface area contributed by atoms with Crippen molar-refractivity contribution in [2.24, 2.45) is 0 Å². The summed E-state index contributed by atoms with van der Waals surface area (Å²) < 4.78 is 0. The number of amides is 1. The van der Waals surface area contributed by atoms with Crippen LogP contribution < -0.4 is 5.32 Å². The van der Waals surface area contributed by atoms with Crippen LogP contribution in [-0.4, -0.2) is 35.4 Å². The van der Waals surface area contributed by atoms with E-state index in [4.69, 9.17) is 10.2 Å². The molecule has 2 aromatic carbocycles. The molecule has 0 aliphatic heterocycles. The third-order valence-electron chi connectivity index (χ3n) is 2.81. The van der Waals surface area contributed by atoms with Crippen LogP contribution in [0.1, 0.15) is 10.4 Å². The first-order valence-corrected chi connectivity index (χ1v) is 5.76. The maximum absolute atomic E-state index is 12.1. The van der Waals surface area contributed by atoms with Crippen molar-refractivity contribution < 1.29 is 15.0 Å². The molecule has 0 fully saturated rings. The Kier molecular flexibility index (Phi) is 3.92. The largest absolute Gasteiger partial charge is 0.394 e. The molecule has 0 unspecified atom stereocenters. The lowest BCUT2D eigenvalue weighted by Gasteiger charge is -2.14. The molecule has 0 aromatic heterocycles. The average molecular weight is 245 g/mol. The molecule has 2 rings (SSSR count). The number of nitrogens with one attached hydrogen (secondary N) is 1. The number of hydrogen-bond donors (Lipinski definition) is 3. The lowest BCUT2D eigenvalue weighted by molar-refractivity contribution is 0.0881. The Bertz CT molecular complexity index is 544. The molecule has 0 saturated heterocycles. The lowest BCUT2D eigenvalue weighted by atomic mass is 10.0. The topological polar surface area (TPSA) is 69.6 Å². The highest BCUT2D eigenvalue weighted by atomic mass is 16.3. The second kappa shape index (κ2) is 5.62. The highest BCUT2D eigenvalue weighted by Crippen LogP contribution is 2.18. The van der Waals surface area contributed by atoms with Gasteiger partial charge in [0.25, 0.3) is 5.91 Å². The van der Waals surface area contributed by atoms with E-state index in [9.17, 15) is 4.79 Å². The third-order valence-corrected chi connectivity index (χ3v) is 2.81. The second-order valence-corrected chi connectivity index (χ2v) is 4.06. The molecule has 0 atom stereocenters. The molecular weight excluding hydrogens is 230 g/mol. The molecule has 0 bridgehead atoms. The molecule has 4 heteroatoms. The van der Waals surface area contributed by atoms with Crippen LogP contribution in [0.3, 0.4) is 0 Å². The van der Waals surface area contributed by atoms with Gasteiger partial charge in [-0.15, -0.1) is 0 Å². The van der Waals surface area contributed by atoms with Gasteiger partial charge in [-0.25, -0.2) is 0 Å². The quantitative estimate of drug-likeness (QED) is 0.750. The SMILES string of the molecule is O=C(NC(CO)CO)c1cccc2ccccc12. The van der Waals surface area contributed by atoms with Gasteiger partial charge in [0.15, 0.2) is 0 Å². The normalized spacial score (nSPS) is 10.8. The van der Waals surface area contributed by atoms with Gasteiger partial charge in [0, 0.05) is 5.56 Å². The molecule has 18 heavy (non-hydrogen) atoms. The molecule has 0 heterocycles. The zero-order valence-corrected chi connectivity index (χ0v) is 9.84. The molecule has 0 saturated carbocycles. The zero-order valence-electron chi connectivity index (χ0n) is 9.84. The van der Waals surface area contributed by atoms with E-state index in [-0.39, 0.29) is 19.1 Å². The van der Waals surface area contributed by atoms with Crippen LogP contribution in [0.2, 0.25) is 0 Å². The minimum Gasteiger partial charge on any atom is -0.394 e. The Morgan fingerprint density at radius 3 is 2.44 bits per heavy atom. The van der Waals surface area contributed by atoms with Crippen molar-refractivity contribution in [3.8, 4) is 0 Å². The number of carbonyl (C=O) groups is 1. The monoisotopic (exact) mass is 245 g/mol. The van der Waals surface area contributed by atoms with E-state index in [2.05, 4.69) is 5.32 Å². The van der Waals surface area contributed by atoms with E-state index < -0.39 is 6.04 Å². The van der Waals surface area contributed by atoms with E-state index in [1.165, 1.54) is 0 Å². The van der Waals surface area contributed by atoms with Crippen LogP contribution in [0.5, 0.6) is 0 Å². The number of fused-ring (bicyclic) bond motifs is 1. The van der Waals surface area contributed by atoms with Gasteiger partial charge in [-0.3, -0.25) is 4.79 Å². The average Bonchev–Trinajstić information content (AvgIpc) is 2.43. The fraction of sp³-hybridized carbons (Fsp3) is 0.214. The van der Waals surface area contributed by atoms with E-state index in [0.717, 1.165) is 10.8 Å². The Hall–Kier alpha value is -1.91. The summed E-state index contributed by atoms with van der Waals surface area (Å²) in [7, 11) is 0. The molecule has 94 valence electrons. The molecule has 0 radical (unpaired) electrons. The maximum Gasteiger partial charge on any atom is 0.252 e. The fourth-order valence-electron chi connectivity index (χ4n) is 1.84. The number of aliphatic hydroxyl groups excluding tert-OH is 2. The van der Waals surface area contributed by atoms with E-state index in [1.807, 2.05) is 36.4 Å². The minimum atomic E-state index is -0.628. The highest BCUT2D eigenvalue weighted by Gasteiger charge is 2.13. The van der Waals surface area contributed by atoms with Gasteiger partial charge < -0.3 is 15.5 Å². The molecule has 4 nitrogen and oxygen atoms in total. The van der Waals surface area contributed by atoms with Gasteiger partial charge in [0.05, 0.1) is 19.3 Å². The summed E-state index contributed by atoms with van der Waals surface area (Å²) in [4.78, 5) is 12.1. The van der Waals surface area contributed by atoms with Crippen LogP contribution >= 0.6 is 0 Å². The lowest BCUT2D eigenvalue weighted by Crippen LogP contribution is -2.40. The Balaban J connectivity index is 2.33. The van der Waals surface area contributed by atoms with Crippen molar-refractivity contribution in [1.82, 2.24) is 5.32 Å². The van der Waals surface area contributed by atoms with Gasteiger partial charge >= 0.3 is 0 Å². The van der Waals surface area contributed by atoms with Crippen molar-refractivity contribution in [3.05, 3.63) is 48.0 Å². The standard InChI is InChI=1S/C14H15NO3/c16-8-11(9-17)15-14(18)13-7-3-5-10-4-1-2-6-12(10)13/h1-7,11,16-17H,8-9H2,(H,15,18). The van der Waals surface area contributed by atoms with Crippen LogP contribution in [0.4, 0.5) is 0 Å². The minimum absolute atomic E-state index is 0.285. The predicted molar refractivity (Wildman–Crippen MR) is 69.4 cm³/mol. The molecule has 0 spiro atoms. The van der Waals surface area contributed by atoms with E-state index in [0.29, 0.717) is 5.56 Å². The predicted octanol–water partition coefficient (Wildman–Crippen LogP) is 0.923. The Morgan fingerprint density at radius 1 is 1.06 bits per heavy atom. The van der Waals surface area contributed by atoms with Crippen molar-refractivity contribution in [2.75, 3.05) is 13.2 Å². The van der Waals surface area contributed by atoms with Gasteiger partial charge in [-0.1, -0.05) is 36.4 Å². The van der Waals surface area contributed by atoms with Gasteiger partial charge in [0.2, 0.25) is 0 Å². The number of rotatable bonds is 4. The van der Waals surface area contributed by atoms with Crippen LogP contribution in [0.15, 0.2) is 42.5 Å². The summed E-state index contributed by atoms with van der Waals surface area (Å²) in [6.07, 6.45) is 0. The Morgan fingerprint density at radius 2 is 1.72 bits per heavy atom. The summed E-state index contributed by atoms with van der Waals surface area (Å²) in [5, 5.41) is 22.3. The third kappa shape index (κ3) is 2.50. The number of benzene rings is 2. The van der Waals surface area contributed by atoms with E-state index in [1.54, 1.807) is 6.07 Å². The summed E-state index contributed by atoms with van der Waals surface area (Å²) in [5.74, 6) is -0.292. The van der Waals surface area contributed by atoms with Crippen molar-refractivity contribution >= 4 is 16.7 Å². The number of aliphatic hydroxyl groups is 2. The van der Waals surface area contributed by atoms with Crippen LogP contribution in [0, 0.1) is 0 Å². The zero-order chi connectivity index (χ0) is 13.0.